The van der Waals surface area contributed by atoms with Gasteiger partial charge in [-0.2, -0.15) is 0 Å². The van der Waals surface area contributed by atoms with Crippen molar-refractivity contribution in [3.63, 3.8) is 0 Å². The number of nitrogens with one attached hydrogen (secondary N) is 1. The molecule has 1 amide bonds. The van der Waals surface area contributed by atoms with Crippen molar-refractivity contribution >= 4 is 33.7 Å². The fourth-order valence-corrected chi connectivity index (χ4v) is 4.92. The smallest absolute Gasteiger partial charge is 0.335 e. The molecule has 0 unspecified atom stereocenters. The topological polar surface area (TPSA) is 105 Å². The predicted octanol–water partition coefficient (Wildman–Crippen LogP) is 6.82. The fraction of sp³-hybridized carbons (Fsp3) is 0.0909. The van der Waals surface area contributed by atoms with Crippen LogP contribution < -0.4 is 5.32 Å². The van der Waals surface area contributed by atoms with Gasteiger partial charge in [-0.1, -0.05) is 65.8 Å². The molecule has 6 rings (SSSR count). The summed E-state index contributed by atoms with van der Waals surface area (Å²) in [4.78, 5) is 29.5. The van der Waals surface area contributed by atoms with E-state index >= 15 is 0 Å². The van der Waals surface area contributed by atoms with Gasteiger partial charge in [-0.3, -0.25) is 9.78 Å². The molecule has 0 aliphatic carbocycles. The minimum absolute atomic E-state index is 0.192. The first-order valence-electron chi connectivity index (χ1n) is 12.9. The van der Waals surface area contributed by atoms with Gasteiger partial charge in [0.15, 0.2) is 0 Å². The van der Waals surface area contributed by atoms with Crippen LogP contribution in [-0.2, 0) is 6.42 Å². The Morgan fingerprint density at radius 2 is 1.68 bits per heavy atom. The third kappa shape index (κ3) is 4.92. The highest BCUT2D eigenvalue weighted by molar-refractivity contribution is 6.09. The van der Waals surface area contributed by atoms with Crippen molar-refractivity contribution in [1.82, 2.24) is 15.5 Å². The number of benzene rings is 4. The Morgan fingerprint density at radius 3 is 2.45 bits per heavy atom. The molecule has 7 heteroatoms. The lowest BCUT2D eigenvalue weighted by molar-refractivity contribution is 0.0696. The summed E-state index contributed by atoms with van der Waals surface area (Å²) in [5.41, 5.74) is 5.73. The van der Waals surface area contributed by atoms with Crippen molar-refractivity contribution in [2.75, 3.05) is 0 Å². The summed E-state index contributed by atoms with van der Waals surface area (Å²) in [6, 6.07) is 29.7. The molecule has 1 atom stereocenters. The molecule has 0 fully saturated rings. The van der Waals surface area contributed by atoms with E-state index in [1.165, 1.54) is 12.1 Å². The second-order valence-corrected chi connectivity index (χ2v) is 9.72. The SMILES string of the molecule is C[C@H](NC(=O)c1cc(-c2ccccc2)cc2noc(Cc3ccc4cccnc4c3)c12)c1ccc(C(=O)O)cc1. The second-order valence-electron chi connectivity index (χ2n) is 9.72. The van der Waals surface area contributed by atoms with E-state index in [1.54, 1.807) is 18.3 Å². The number of nitrogens with zero attached hydrogens (tertiary/aromatic N) is 2. The van der Waals surface area contributed by atoms with Crippen LogP contribution in [0, 0.1) is 0 Å². The molecule has 0 aliphatic heterocycles. The molecule has 0 saturated heterocycles. The zero-order valence-corrected chi connectivity index (χ0v) is 21.7. The first-order valence-corrected chi connectivity index (χ1v) is 12.9. The van der Waals surface area contributed by atoms with Crippen LogP contribution in [0.5, 0.6) is 0 Å². The van der Waals surface area contributed by atoms with Gasteiger partial charge in [0.2, 0.25) is 0 Å². The maximum absolute atomic E-state index is 13.8. The molecule has 0 spiro atoms. The van der Waals surface area contributed by atoms with Crippen molar-refractivity contribution in [2.24, 2.45) is 0 Å². The predicted molar refractivity (Wildman–Crippen MR) is 153 cm³/mol. The zero-order valence-electron chi connectivity index (χ0n) is 21.7. The molecule has 6 aromatic rings. The maximum Gasteiger partial charge on any atom is 0.335 e. The molecule has 0 aliphatic rings. The molecule has 2 aromatic heterocycles. The van der Waals surface area contributed by atoms with Crippen molar-refractivity contribution in [3.8, 4) is 11.1 Å². The Labute approximate surface area is 230 Å². The van der Waals surface area contributed by atoms with Crippen LogP contribution in [0.1, 0.15) is 50.6 Å². The largest absolute Gasteiger partial charge is 0.478 e. The first kappa shape index (κ1) is 25.0. The molecular weight excluding hydrogens is 502 g/mol. The van der Waals surface area contributed by atoms with E-state index in [-0.39, 0.29) is 17.5 Å². The third-order valence-electron chi connectivity index (χ3n) is 7.04. The number of fused-ring (bicyclic) bond motifs is 2. The van der Waals surface area contributed by atoms with Gasteiger partial charge in [0.05, 0.1) is 28.1 Å². The summed E-state index contributed by atoms with van der Waals surface area (Å²) >= 11 is 0. The molecular formula is C33H25N3O4. The van der Waals surface area contributed by atoms with Gasteiger partial charge in [0.25, 0.3) is 5.91 Å². The summed E-state index contributed by atoms with van der Waals surface area (Å²) in [5, 5.41) is 18.3. The number of amides is 1. The van der Waals surface area contributed by atoms with E-state index in [0.29, 0.717) is 28.6 Å². The number of rotatable bonds is 7. The van der Waals surface area contributed by atoms with Crippen LogP contribution in [0.3, 0.4) is 0 Å². The summed E-state index contributed by atoms with van der Waals surface area (Å²) < 4.78 is 5.83. The summed E-state index contributed by atoms with van der Waals surface area (Å²) in [6.45, 7) is 1.86. The highest BCUT2D eigenvalue weighted by Crippen LogP contribution is 2.32. The number of aromatic carboxylic acids is 1. The molecule has 40 heavy (non-hydrogen) atoms. The van der Waals surface area contributed by atoms with Crippen molar-refractivity contribution < 1.29 is 19.2 Å². The zero-order chi connectivity index (χ0) is 27.6. The van der Waals surface area contributed by atoms with Gasteiger partial charge in [-0.05, 0) is 65.6 Å². The van der Waals surface area contributed by atoms with E-state index in [0.717, 1.165) is 33.2 Å². The number of hydrogen-bond donors (Lipinski definition) is 2. The van der Waals surface area contributed by atoms with Crippen LogP contribution >= 0.6 is 0 Å². The quantitative estimate of drug-likeness (QED) is 0.236. The normalized spacial score (nSPS) is 11.9. The number of pyridine rings is 1. The van der Waals surface area contributed by atoms with E-state index in [9.17, 15) is 14.7 Å². The Morgan fingerprint density at radius 1 is 0.875 bits per heavy atom. The lowest BCUT2D eigenvalue weighted by Crippen LogP contribution is -2.27. The van der Waals surface area contributed by atoms with Crippen molar-refractivity contribution in [3.05, 3.63) is 131 Å². The Balaban J connectivity index is 1.39. The van der Waals surface area contributed by atoms with E-state index in [2.05, 4.69) is 15.5 Å². The molecule has 0 bridgehead atoms. The number of carboxylic acid groups (broad SMARTS) is 1. The molecule has 4 aromatic carbocycles. The van der Waals surface area contributed by atoms with E-state index in [1.807, 2.05) is 79.7 Å². The number of carbonyl (C=O) groups excluding carboxylic acids is 1. The van der Waals surface area contributed by atoms with Crippen LogP contribution in [0.4, 0.5) is 0 Å². The van der Waals surface area contributed by atoms with Gasteiger partial charge >= 0.3 is 5.97 Å². The average molecular weight is 528 g/mol. The van der Waals surface area contributed by atoms with Crippen molar-refractivity contribution in [2.45, 2.75) is 19.4 Å². The highest BCUT2D eigenvalue weighted by atomic mass is 16.5. The number of carboxylic acids is 1. The number of hydrogen-bond acceptors (Lipinski definition) is 5. The van der Waals surface area contributed by atoms with Crippen LogP contribution in [0.25, 0.3) is 32.9 Å². The molecule has 2 heterocycles. The van der Waals surface area contributed by atoms with Gasteiger partial charge in [0, 0.05) is 18.0 Å². The van der Waals surface area contributed by atoms with Gasteiger partial charge in [-0.25, -0.2) is 4.79 Å². The summed E-state index contributed by atoms with van der Waals surface area (Å²) in [5.74, 6) is -0.679. The summed E-state index contributed by atoms with van der Waals surface area (Å²) in [7, 11) is 0. The molecule has 2 N–H and O–H groups in total. The van der Waals surface area contributed by atoms with Gasteiger partial charge < -0.3 is 14.9 Å². The molecule has 0 saturated carbocycles. The number of carbonyl (C=O) groups is 2. The first-order chi connectivity index (χ1) is 19.5. The highest BCUT2D eigenvalue weighted by Gasteiger charge is 2.22. The third-order valence-corrected chi connectivity index (χ3v) is 7.04. The maximum atomic E-state index is 13.8. The Hall–Kier alpha value is -5.30. The monoisotopic (exact) mass is 527 g/mol. The Kier molecular flexibility index (Phi) is 6.54. The lowest BCUT2D eigenvalue weighted by Gasteiger charge is -2.16. The fourth-order valence-electron chi connectivity index (χ4n) is 4.92. The standard InChI is InChI=1S/C33H25N3O4/c1-20(22-11-13-25(14-12-22)33(38)39)35-32(37)27-18-26(23-6-3-2-4-7-23)19-29-31(27)30(40-36-29)17-21-9-10-24-8-5-15-34-28(24)16-21/h2-16,18-20H,17H2,1H3,(H,35,37)(H,38,39)/t20-/m0/s1. The molecule has 196 valence electrons. The van der Waals surface area contributed by atoms with Crippen LogP contribution in [0.2, 0.25) is 0 Å². The minimum atomic E-state index is -0.995. The van der Waals surface area contributed by atoms with Crippen LogP contribution in [0.15, 0.2) is 108 Å². The second kappa shape index (κ2) is 10.5. The van der Waals surface area contributed by atoms with Crippen LogP contribution in [-0.4, -0.2) is 27.1 Å². The molecule has 7 nitrogen and oxygen atoms in total. The van der Waals surface area contributed by atoms with E-state index in [4.69, 9.17) is 4.52 Å². The van der Waals surface area contributed by atoms with E-state index < -0.39 is 5.97 Å². The van der Waals surface area contributed by atoms with Gasteiger partial charge in [0.1, 0.15) is 11.3 Å². The molecule has 0 radical (unpaired) electrons. The lowest BCUT2D eigenvalue weighted by atomic mass is 9.96. The Bertz CT molecular complexity index is 1860. The minimum Gasteiger partial charge on any atom is -0.478 e. The number of aromatic nitrogens is 2. The summed E-state index contributed by atoms with van der Waals surface area (Å²) in [6.07, 6.45) is 2.21. The van der Waals surface area contributed by atoms with Crippen molar-refractivity contribution in [1.29, 1.82) is 0 Å². The van der Waals surface area contributed by atoms with Gasteiger partial charge in [-0.15, -0.1) is 0 Å². The average Bonchev–Trinajstić information content (AvgIpc) is 3.39.